The van der Waals surface area contributed by atoms with E-state index < -0.39 is 0 Å². The number of aromatic nitrogens is 1. The molecule has 0 spiro atoms. The Morgan fingerprint density at radius 3 is 2.53 bits per heavy atom. The average molecular weight is 264 g/mol. The van der Waals surface area contributed by atoms with E-state index in [9.17, 15) is 0 Å². The molecule has 0 saturated heterocycles. The highest BCUT2D eigenvalue weighted by Gasteiger charge is 1.98. The minimum absolute atomic E-state index is 0.623. The topological polar surface area (TPSA) is 22.1 Å². The van der Waals surface area contributed by atoms with E-state index in [1.807, 2.05) is 43.3 Å². The van der Waals surface area contributed by atoms with Gasteiger partial charge < -0.3 is 4.74 Å². The molecule has 2 aromatic rings. The van der Waals surface area contributed by atoms with Gasteiger partial charge in [-0.1, -0.05) is 15.9 Å². The fourth-order valence-corrected chi connectivity index (χ4v) is 1.45. The molecule has 0 aliphatic rings. The molecule has 0 atom stereocenters. The molecule has 0 unspecified atom stereocenters. The normalized spacial score (nSPS) is 10.0. The van der Waals surface area contributed by atoms with Gasteiger partial charge in [-0.2, -0.15) is 0 Å². The molecule has 3 heteroatoms. The molecule has 2 nitrogen and oxygen atoms in total. The van der Waals surface area contributed by atoms with Crippen LogP contribution in [0.4, 0.5) is 0 Å². The number of pyridine rings is 1. The fourth-order valence-electron chi connectivity index (χ4n) is 1.19. The van der Waals surface area contributed by atoms with Crippen LogP contribution in [0.25, 0.3) is 0 Å². The Hall–Kier alpha value is -1.35. The smallest absolute Gasteiger partial charge is 0.219 e. The molecule has 0 fully saturated rings. The van der Waals surface area contributed by atoms with Crippen molar-refractivity contribution in [1.82, 2.24) is 4.98 Å². The second kappa shape index (κ2) is 4.45. The molecule has 0 amide bonds. The molecule has 1 heterocycles. The molecule has 0 aliphatic carbocycles. The van der Waals surface area contributed by atoms with Crippen molar-refractivity contribution in [3.05, 3.63) is 52.6 Å². The van der Waals surface area contributed by atoms with Gasteiger partial charge in [0.15, 0.2) is 0 Å². The summed E-state index contributed by atoms with van der Waals surface area (Å²) in [7, 11) is 0. The van der Waals surface area contributed by atoms with E-state index in [-0.39, 0.29) is 0 Å². The first-order valence-corrected chi connectivity index (χ1v) is 5.39. The highest BCUT2D eigenvalue weighted by Crippen LogP contribution is 2.21. The summed E-state index contributed by atoms with van der Waals surface area (Å²) in [5, 5.41) is 0. The lowest BCUT2D eigenvalue weighted by Gasteiger charge is -2.04. The van der Waals surface area contributed by atoms with Crippen molar-refractivity contribution in [1.29, 1.82) is 0 Å². The number of nitrogens with zero attached hydrogens (tertiary/aromatic N) is 1. The molecule has 0 radical (unpaired) electrons. The average Bonchev–Trinajstić information content (AvgIpc) is 2.22. The predicted octanol–water partition coefficient (Wildman–Crippen LogP) is 3.94. The van der Waals surface area contributed by atoms with Crippen molar-refractivity contribution in [2.75, 3.05) is 0 Å². The lowest BCUT2D eigenvalue weighted by molar-refractivity contribution is 0.462. The number of halogens is 1. The Labute approximate surface area is 97.1 Å². The maximum absolute atomic E-state index is 5.58. The van der Waals surface area contributed by atoms with E-state index in [4.69, 9.17) is 4.74 Å². The summed E-state index contributed by atoms with van der Waals surface area (Å²) in [5.74, 6) is 1.41. The third-order valence-electron chi connectivity index (χ3n) is 1.93. The summed E-state index contributed by atoms with van der Waals surface area (Å²) in [6, 6.07) is 11.5. The zero-order valence-corrected chi connectivity index (χ0v) is 9.86. The van der Waals surface area contributed by atoms with Crippen LogP contribution in [0.3, 0.4) is 0 Å². The molecule has 0 N–H and O–H groups in total. The summed E-state index contributed by atoms with van der Waals surface area (Å²) in [4.78, 5) is 4.12. The molecule has 1 aromatic carbocycles. The van der Waals surface area contributed by atoms with Gasteiger partial charge in [-0.3, -0.25) is 0 Å². The first-order valence-electron chi connectivity index (χ1n) is 4.60. The van der Waals surface area contributed by atoms with Crippen LogP contribution >= 0.6 is 15.9 Å². The molecule has 0 bridgehead atoms. The van der Waals surface area contributed by atoms with Crippen LogP contribution in [0, 0.1) is 6.92 Å². The lowest BCUT2D eigenvalue weighted by Crippen LogP contribution is -1.87. The monoisotopic (exact) mass is 263 g/mol. The van der Waals surface area contributed by atoms with Crippen molar-refractivity contribution in [3.63, 3.8) is 0 Å². The molecular weight excluding hydrogens is 254 g/mol. The van der Waals surface area contributed by atoms with Crippen molar-refractivity contribution < 1.29 is 4.74 Å². The third-order valence-corrected chi connectivity index (χ3v) is 2.46. The molecule has 2 rings (SSSR count). The van der Waals surface area contributed by atoms with Gasteiger partial charge >= 0.3 is 0 Å². The number of rotatable bonds is 2. The van der Waals surface area contributed by atoms with Crippen molar-refractivity contribution >= 4 is 15.9 Å². The zero-order chi connectivity index (χ0) is 10.7. The minimum Gasteiger partial charge on any atom is -0.439 e. The Kier molecular flexibility index (Phi) is 3.02. The quantitative estimate of drug-likeness (QED) is 0.819. The summed E-state index contributed by atoms with van der Waals surface area (Å²) < 4.78 is 6.62. The van der Waals surface area contributed by atoms with E-state index in [0.717, 1.165) is 15.8 Å². The largest absolute Gasteiger partial charge is 0.439 e. The Morgan fingerprint density at radius 2 is 1.87 bits per heavy atom. The minimum atomic E-state index is 0.623. The zero-order valence-electron chi connectivity index (χ0n) is 8.27. The van der Waals surface area contributed by atoms with Crippen molar-refractivity contribution in [2.24, 2.45) is 0 Å². The van der Waals surface area contributed by atoms with Gasteiger partial charge in [0.25, 0.3) is 0 Å². The first-order chi connectivity index (χ1) is 7.24. The summed E-state index contributed by atoms with van der Waals surface area (Å²) in [6.45, 7) is 2.01. The van der Waals surface area contributed by atoms with Gasteiger partial charge in [-0.05, 0) is 42.8 Å². The molecule has 15 heavy (non-hydrogen) atoms. The van der Waals surface area contributed by atoms with Crippen molar-refractivity contribution in [3.8, 4) is 11.6 Å². The fraction of sp³-hybridized carbons (Fsp3) is 0.0833. The second-order valence-corrected chi connectivity index (χ2v) is 4.14. The summed E-state index contributed by atoms with van der Waals surface area (Å²) >= 11 is 3.37. The second-order valence-electron chi connectivity index (χ2n) is 3.23. The van der Waals surface area contributed by atoms with E-state index in [0.29, 0.717) is 5.88 Å². The standard InChI is InChI=1S/C12H10BrNO/c1-9-6-7-14-12(8-9)15-11-4-2-10(13)3-5-11/h2-8H,1H3. The number of benzene rings is 1. The number of hydrogen-bond donors (Lipinski definition) is 0. The molecule has 76 valence electrons. The van der Waals surface area contributed by atoms with Gasteiger partial charge in [0.05, 0.1) is 0 Å². The van der Waals surface area contributed by atoms with Crippen LogP contribution in [0.15, 0.2) is 47.1 Å². The summed E-state index contributed by atoms with van der Waals surface area (Å²) in [5.41, 5.74) is 1.14. The maximum atomic E-state index is 5.58. The third kappa shape index (κ3) is 2.80. The molecular formula is C12H10BrNO. The van der Waals surface area contributed by atoms with E-state index in [2.05, 4.69) is 20.9 Å². The van der Waals surface area contributed by atoms with Crippen LogP contribution in [0.5, 0.6) is 11.6 Å². The SMILES string of the molecule is Cc1ccnc(Oc2ccc(Br)cc2)c1. The van der Waals surface area contributed by atoms with Crippen LogP contribution < -0.4 is 4.74 Å². The van der Waals surface area contributed by atoms with Gasteiger partial charge in [-0.25, -0.2) is 4.98 Å². The van der Waals surface area contributed by atoms with Gasteiger partial charge in [0.2, 0.25) is 5.88 Å². The molecule has 0 aliphatic heterocycles. The van der Waals surface area contributed by atoms with Crippen LogP contribution in [-0.2, 0) is 0 Å². The Morgan fingerprint density at radius 1 is 1.13 bits per heavy atom. The molecule has 1 aromatic heterocycles. The molecule has 0 saturated carbocycles. The van der Waals surface area contributed by atoms with Crippen LogP contribution in [0.2, 0.25) is 0 Å². The van der Waals surface area contributed by atoms with Crippen LogP contribution in [0.1, 0.15) is 5.56 Å². The van der Waals surface area contributed by atoms with E-state index in [1.54, 1.807) is 6.20 Å². The van der Waals surface area contributed by atoms with Gasteiger partial charge in [0.1, 0.15) is 5.75 Å². The maximum Gasteiger partial charge on any atom is 0.219 e. The number of ether oxygens (including phenoxy) is 1. The number of hydrogen-bond acceptors (Lipinski definition) is 2. The predicted molar refractivity (Wildman–Crippen MR) is 63.2 cm³/mol. The van der Waals surface area contributed by atoms with E-state index in [1.165, 1.54) is 0 Å². The first kappa shape index (κ1) is 10.2. The Balaban J connectivity index is 2.18. The lowest BCUT2D eigenvalue weighted by atomic mass is 10.3. The van der Waals surface area contributed by atoms with Crippen LogP contribution in [-0.4, -0.2) is 4.98 Å². The van der Waals surface area contributed by atoms with Gasteiger partial charge in [0, 0.05) is 16.7 Å². The highest BCUT2D eigenvalue weighted by molar-refractivity contribution is 9.10. The number of aryl methyl sites for hydroxylation is 1. The highest BCUT2D eigenvalue weighted by atomic mass is 79.9. The van der Waals surface area contributed by atoms with Gasteiger partial charge in [-0.15, -0.1) is 0 Å². The summed E-state index contributed by atoms with van der Waals surface area (Å²) in [6.07, 6.45) is 1.74. The van der Waals surface area contributed by atoms with E-state index >= 15 is 0 Å². The Bertz CT molecular complexity index is 453. The van der Waals surface area contributed by atoms with Crippen molar-refractivity contribution in [2.45, 2.75) is 6.92 Å².